The minimum Gasteiger partial charge on any atom is -0.404 e. The van der Waals surface area contributed by atoms with Crippen molar-refractivity contribution in [3.8, 4) is 17.0 Å². The fourth-order valence-corrected chi connectivity index (χ4v) is 3.83. The first kappa shape index (κ1) is 23.9. The van der Waals surface area contributed by atoms with Crippen molar-refractivity contribution in [2.75, 3.05) is 5.32 Å². The predicted octanol–water partition coefficient (Wildman–Crippen LogP) is 6.45. The number of halogens is 3. The summed E-state index contributed by atoms with van der Waals surface area (Å²) in [6, 6.07) is 21.7. The number of hydrogen-bond donors (Lipinski definition) is 1. The number of esters is 1. The van der Waals surface area contributed by atoms with Crippen LogP contribution in [0.5, 0.6) is 5.88 Å². The number of ether oxygens (including phenoxy) is 1. The van der Waals surface area contributed by atoms with E-state index < -0.39 is 23.6 Å². The third-order valence-corrected chi connectivity index (χ3v) is 5.65. The molecule has 0 radical (unpaired) electrons. The summed E-state index contributed by atoms with van der Waals surface area (Å²) in [6.45, 7) is 0. The van der Waals surface area contributed by atoms with E-state index in [9.17, 15) is 22.8 Å². The molecule has 6 nitrogen and oxygen atoms in total. The average Bonchev–Trinajstić information content (AvgIpc) is 3.06. The summed E-state index contributed by atoms with van der Waals surface area (Å²) in [5.74, 6) is -0.785. The Kier molecular flexibility index (Phi) is 6.27. The number of aliphatic imine (C=N–C) groups is 1. The zero-order valence-electron chi connectivity index (χ0n) is 19.1. The van der Waals surface area contributed by atoms with Gasteiger partial charge in [-0.05, 0) is 53.6 Å². The summed E-state index contributed by atoms with van der Waals surface area (Å²) >= 11 is 0. The molecule has 1 N–H and O–H groups in total. The summed E-state index contributed by atoms with van der Waals surface area (Å²) in [6.07, 6.45) is -3.14. The number of amides is 1. The van der Waals surface area contributed by atoms with Crippen LogP contribution in [0.15, 0.2) is 96.1 Å². The quantitative estimate of drug-likeness (QED) is 0.326. The Hall–Kier alpha value is -4.79. The van der Waals surface area contributed by atoms with E-state index >= 15 is 0 Å². The van der Waals surface area contributed by atoms with Crippen molar-refractivity contribution >= 4 is 29.0 Å². The van der Waals surface area contributed by atoms with E-state index in [1.54, 1.807) is 60.7 Å². The van der Waals surface area contributed by atoms with Crippen molar-refractivity contribution in [2.45, 2.75) is 12.6 Å². The number of nitrogens with zero attached hydrogens (tertiary/aromatic N) is 2. The Morgan fingerprint density at radius 1 is 0.865 bits per heavy atom. The highest BCUT2D eigenvalue weighted by Crippen LogP contribution is 2.35. The van der Waals surface area contributed by atoms with Crippen molar-refractivity contribution in [2.24, 2.45) is 4.99 Å². The zero-order chi connectivity index (χ0) is 26.0. The third kappa shape index (κ3) is 5.40. The smallest absolute Gasteiger partial charge is 0.404 e. The molecule has 184 valence electrons. The van der Waals surface area contributed by atoms with Gasteiger partial charge in [-0.3, -0.25) is 9.79 Å². The van der Waals surface area contributed by atoms with Gasteiger partial charge < -0.3 is 10.1 Å². The van der Waals surface area contributed by atoms with Gasteiger partial charge in [-0.2, -0.15) is 13.2 Å². The van der Waals surface area contributed by atoms with E-state index in [1.165, 1.54) is 18.3 Å². The Morgan fingerprint density at radius 3 is 2.38 bits per heavy atom. The average molecular weight is 501 g/mol. The molecule has 0 spiro atoms. The van der Waals surface area contributed by atoms with Crippen LogP contribution in [0.3, 0.4) is 0 Å². The highest BCUT2D eigenvalue weighted by Gasteiger charge is 2.31. The Bertz CT molecular complexity index is 1520. The highest BCUT2D eigenvalue weighted by molar-refractivity contribution is 6.17. The number of hydrogen-bond acceptors (Lipinski definition) is 5. The van der Waals surface area contributed by atoms with Gasteiger partial charge in [0, 0.05) is 17.8 Å². The van der Waals surface area contributed by atoms with Crippen LogP contribution in [0.1, 0.15) is 27.9 Å². The van der Waals surface area contributed by atoms with Crippen molar-refractivity contribution in [3.05, 3.63) is 108 Å². The molecule has 0 atom stereocenters. The molecule has 0 unspecified atom stereocenters. The number of carbonyl (C=O) groups is 2. The van der Waals surface area contributed by atoms with Crippen LogP contribution in [0, 0.1) is 0 Å². The molecular weight excluding hydrogens is 483 g/mol. The number of nitrogens with one attached hydrogen (secondary N) is 1. The maximum Gasteiger partial charge on any atom is 0.416 e. The van der Waals surface area contributed by atoms with Crippen molar-refractivity contribution < 1.29 is 27.5 Å². The molecule has 9 heteroatoms. The topological polar surface area (TPSA) is 80.7 Å². The van der Waals surface area contributed by atoms with Gasteiger partial charge >= 0.3 is 12.1 Å². The van der Waals surface area contributed by atoms with Gasteiger partial charge in [0.1, 0.15) is 0 Å². The summed E-state index contributed by atoms with van der Waals surface area (Å²) in [5, 5.41) is 2.77. The SMILES string of the molecule is O=C1CC(c2cccc(C(F)(F)F)c2)=Nc2ccc(-c3ccc(OC(=O)c4ccccc4)nc3)cc2N1. The van der Waals surface area contributed by atoms with E-state index in [1.807, 2.05) is 0 Å². The largest absolute Gasteiger partial charge is 0.416 e. The van der Waals surface area contributed by atoms with Gasteiger partial charge in [0.15, 0.2) is 0 Å². The van der Waals surface area contributed by atoms with Crippen molar-refractivity contribution in [3.63, 3.8) is 0 Å². The number of anilines is 1. The van der Waals surface area contributed by atoms with E-state index in [-0.39, 0.29) is 23.6 Å². The first-order chi connectivity index (χ1) is 17.8. The first-order valence-corrected chi connectivity index (χ1v) is 11.2. The standard InChI is InChI=1S/C28H18F3N3O3/c29-28(30,31)21-8-4-7-19(13-21)23-15-25(35)34-24-14-18(9-11-22(24)33-23)20-10-12-26(32-16-20)37-27(36)17-5-2-1-3-6-17/h1-14,16H,15H2,(H,34,35). The molecule has 37 heavy (non-hydrogen) atoms. The van der Waals surface area contributed by atoms with Gasteiger partial charge in [-0.1, -0.05) is 36.4 Å². The first-order valence-electron chi connectivity index (χ1n) is 11.2. The maximum atomic E-state index is 13.2. The summed E-state index contributed by atoms with van der Waals surface area (Å²) in [7, 11) is 0. The summed E-state index contributed by atoms with van der Waals surface area (Å²) in [5.41, 5.74) is 2.31. The molecule has 1 aliphatic rings. The molecule has 4 aromatic rings. The second-order valence-corrected chi connectivity index (χ2v) is 8.23. The lowest BCUT2D eigenvalue weighted by molar-refractivity contribution is -0.137. The van der Waals surface area contributed by atoms with Gasteiger partial charge in [0.25, 0.3) is 0 Å². The van der Waals surface area contributed by atoms with Gasteiger partial charge in [-0.25, -0.2) is 9.78 Å². The fourth-order valence-electron chi connectivity index (χ4n) is 3.83. The van der Waals surface area contributed by atoms with Gasteiger partial charge in [0.05, 0.1) is 34.6 Å². The fraction of sp³-hybridized carbons (Fsp3) is 0.0714. The molecule has 5 rings (SSSR count). The number of aromatic nitrogens is 1. The lowest BCUT2D eigenvalue weighted by atomic mass is 10.0. The van der Waals surface area contributed by atoms with Crippen molar-refractivity contribution in [1.29, 1.82) is 0 Å². The van der Waals surface area contributed by atoms with Crippen molar-refractivity contribution in [1.82, 2.24) is 4.98 Å². The molecular formula is C28H18F3N3O3. The number of rotatable bonds is 4. The van der Waals surface area contributed by atoms with Crippen LogP contribution in [0.25, 0.3) is 11.1 Å². The Labute approximate surface area is 209 Å². The van der Waals surface area contributed by atoms with Gasteiger partial charge in [-0.15, -0.1) is 0 Å². The number of pyridine rings is 1. The van der Waals surface area contributed by atoms with Gasteiger partial charge in [0.2, 0.25) is 11.8 Å². The summed E-state index contributed by atoms with van der Waals surface area (Å²) < 4.78 is 44.8. The van der Waals surface area contributed by atoms with Crippen LogP contribution in [-0.4, -0.2) is 22.6 Å². The number of fused-ring (bicyclic) bond motifs is 1. The molecule has 1 amide bonds. The highest BCUT2D eigenvalue weighted by atomic mass is 19.4. The van der Waals surface area contributed by atoms with E-state index in [0.29, 0.717) is 28.1 Å². The third-order valence-electron chi connectivity index (χ3n) is 5.65. The lowest BCUT2D eigenvalue weighted by Gasteiger charge is -2.09. The molecule has 1 aliphatic heterocycles. The normalized spacial score (nSPS) is 13.2. The Balaban J connectivity index is 1.39. The minimum absolute atomic E-state index is 0.135. The van der Waals surface area contributed by atoms with Crippen LogP contribution in [0.2, 0.25) is 0 Å². The van der Waals surface area contributed by atoms with Crippen LogP contribution < -0.4 is 10.1 Å². The maximum absolute atomic E-state index is 13.2. The second kappa shape index (κ2) is 9.69. The predicted molar refractivity (Wildman–Crippen MR) is 132 cm³/mol. The zero-order valence-corrected chi connectivity index (χ0v) is 19.1. The molecule has 2 heterocycles. The number of alkyl halides is 3. The molecule has 0 bridgehead atoms. The lowest BCUT2D eigenvalue weighted by Crippen LogP contribution is -2.15. The molecule has 0 saturated carbocycles. The van der Waals surface area contributed by atoms with Crippen LogP contribution in [-0.2, 0) is 11.0 Å². The second-order valence-electron chi connectivity index (χ2n) is 8.23. The summed E-state index contributed by atoms with van der Waals surface area (Å²) in [4.78, 5) is 33.4. The molecule has 0 saturated heterocycles. The van der Waals surface area contributed by atoms with E-state index in [0.717, 1.165) is 12.1 Å². The molecule has 0 aliphatic carbocycles. The minimum atomic E-state index is -4.50. The van der Waals surface area contributed by atoms with E-state index in [4.69, 9.17) is 4.74 Å². The molecule has 1 aromatic heterocycles. The van der Waals surface area contributed by atoms with Crippen LogP contribution >= 0.6 is 0 Å². The van der Waals surface area contributed by atoms with E-state index in [2.05, 4.69) is 15.3 Å². The molecule has 3 aromatic carbocycles. The Morgan fingerprint density at radius 2 is 1.65 bits per heavy atom. The molecule has 0 fully saturated rings. The monoisotopic (exact) mass is 501 g/mol. The number of benzene rings is 3. The van der Waals surface area contributed by atoms with Crippen LogP contribution in [0.4, 0.5) is 24.5 Å². The number of carbonyl (C=O) groups excluding carboxylic acids is 2.